The first-order chi connectivity index (χ1) is 9.19. The monoisotopic (exact) mass is 277 g/mol. The zero-order valence-corrected chi connectivity index (χ0v) is 11.7. The van der Waals surface area contributed by atoms with Gasteiger partial charge in [0.05, 0.1) is 0 Å². The molecule has 0 heterocycles. The smallest absolute Gasteiger partial charge is 0.124 e. The molecule has 0 saturated carbocycles. The standard InChI is InChI=1S/C16H17ClFN/c1-2-3-12-4-8-15(9-5-12)19-11-13-6-7-14(18)10-16(13)17/h4-10,19H,2-3,11H2,1H3. The molecule has 0 bridgehead atoms. The van der Waals surface area contributed by atoms with Gasteiger partial charge in [0.2, 0.25) is 0 Å². The summed E-state index contributed by atoms with van der Waals surface area (Å²) in [6.45, 7) is 2.76. The van der Waals surface area contributed by atoms with E-state index in [1.807, 2.05) is 0 Å². The van der Waals surface area contributed by atoms with Gasteiger partial charge in [-0.05, 0) is 41.8 Å². The third-order valence-electron chi connectivity index (χ3n) is 2.99. The minimum atomic E-state index is -0.308. The second-order valence-electron chi connectivity index (χ2n) is 4.54. The van der Waals surface area contributed by atoms with Crippen molar-refractivity contribution in [2.75, 3.05) is 5.32 Å². The van der Waals surface area contributed by atoms with Gasteiger partial charge in [0.1, 0.15) is 5.82 Å². The Labute approximate surface area is 118 Å². The van der Waals surface area contributed by atoms with E-state index < -0.39 is 0 Å². The zero-order chi connectivity index (χ0) is 13.7. The Kier molecular flexibility index (Phi) is 4.80. The van der Waals surface area contributed by atoms with Crippen LogP contribution in [0.2, 0.25) is 5.02 Å². The van der Waals surface area contributed by atoms with Gasteiger partial charge in [0.15, 0.2) is 0 Å². The lowest BCUT2D eigenvalue weighted by Gasteiger charge is -2.09. The predicted octanol–water partition coefficient (Wildman–Crippen LogP) is 5.04. The summed E-state index contributed by atoms with van der Waals surface area (Å²) in [5, 5.41) is 3.74. The second-order valence-corrected chi connectivity index (χ2v) is 4.94. The van der Waals surface area contributed by atoms with Gasteiger partial charge in [-0.3, -0.25) is 0 Å². The molecule has 2 rings (SSSR count). The van der Waals surface area contributed by atoms with E-state index in [4.69, 9.17) is 11.6 Å². The SMILES string of the molecule is CCCc1ccc(NCc2ccc(F)cc2Cl)cc1. The van der Waals surface area contributed by atoms with Crippen LogP contribution in [-0.4, -0.2) is 0 Å². The highest BCUT2D eigenvalue weighted by atomic mass is 35.5. The van der Waals surface area contributed by atoms with Gasteiger partial charge in [0.25, 0.3) is 0 Å². The van der Waals surface area contributed by atoms with Crippen LogP contribution in [0, 0.1) is 5.82 Å². The molecular weight excluding hydrogens is 261 g/mol. The van der Waals surface area contributed by atoms with Crippen molar-refractivity contribution in [3.05, 3.63) is 64.4 Å². The van der Waals surface area contributed by atoms with Crippen LogP contribution in [0.1, 0.15) is 24.5 Å². The maximum Gasteiger partial charge on any atom is 0.124 e. The van der Waals surface area contributed by atoms with Crippen molar-refractivity contribution in [2.45, 2.75) is 26.3 Å². The number of halogens is 2. The van der Waals surface area contributed by atoms with Crippen molar-refractivity contribution in [3.63, 3.8) is 0 Å². The first kappa shape index (κ1) is 13.9. The summed E-state index contributed by atoms with van der Waals surface area (Å²) in [5.74, 6) is -0.308. The average molecular weight is 278 g/mol. The maximum absolute atomic E-state index is 12.9. The molecule has 2 aromatic carbocycles. The lowest BCUT2D eigenvalue weighted by atomic mass is 10.1. The number of hydrogen-bond acceptors (Lipinski definition) is 1. The highest BCUT2D eigenvalue weighted by Crippen LogP contribution is 2.19. The molecule has 1 N–H and O–H groups in total. The maximum atomic E-state index is 12.9. The molecule has 0 unspecified atom stereocenters. The molecule has 3 heteroatoms. The summed E-state index contributed by atoms with van der Waals surface area (Å²) in [4.78, 5) is 0. The van der Waals surface area contributed by atoms with E-state index in [9.17, 15) is 4.39 Å². The Balaban J connectivity index is 1.98. The Morgan fingerprint density at radius 2 is 1.84 bits per heavy atom. The summed E-state index contributed by atoms with van der Waals surface area (Å²) in [5.41, 5.74) is 3.27. The number of aryl methyl sites for hydroxylation is 1. The number of anilines is 1. The van der Waals surface area contributed by atoms with Crippen LogP contribution in [-0.2, 0) is 13.0 Å². The van der Waals surface area contributed by atoms with E-state index in [0.717, 1.165) is 24.1 Å². The van der Waals surface area contributed by atoms with E-state index in [1.165, 1.54) is 17.7 Å². The van der Waals surface area contributed by atoms with Gasteiger partial charge in [-0.1, -0.05) is 43.1 Å². The lowest BCUT2D eigenvalue weighted by molar-refractivity contribution is 0.627. The molecule has 100 valence electrons. The summed E-state index contributed by atoms with van der Waals surface area (Å²) in [6.07, 6.45) is 2.25. The molecule has 0 amide bonds. The summed E-state index contributed by atoms with van der Waals surface area (Å²) in [7, 11) is 0. The zero-order valence-electron chi connectivity index (χ0n) is 10.9. The van der Waals surface area contributed by atoms with Crippen LogP contribution >= 0.6 is 11.6 Å². The Morgan fingerprint density at radius 3 is 2.47 bits per heavy atom. The highest BCUT2D eigenvalue weighted by molar-refractivity contribution is 6.31. The fraction of sp³-hybridized carbons (Fsp3) is 0.250. The van der Waals surface area contributed by atoms with E-state index in [2.05, 4.69) is 36.5 Å². The Morgan fingerprint density at radius 1 is 1.11 bits per heavy atom. The normalized spacial score (nSPS) is 10.5. The first-order valence-corrected chi connectivity index (χ1v) is 6.83. The number of benzene rings is 2. The van der Waals surface area contributed by atoms with Gasteiger partial charge in [-0.25, -0.2) is 4.39 Å². The minimum absolute atomic E-state index is 0.308. The molecule has 0 aliphatic rings. The van der Waals surface area contributed by atoms with Gasteiger partial charge >= 0.3 is 0 Å². The minimum Gasteiger partial charge on any atom is -0.381 e. The molecule has 0 fully saturated rings. The van der Waals surface area contributed by atoms with Crippen LogP contribution in [0.3, 0.4) is 0 Å². The predicted molar refractivity (Wildman–Crippen MR) is 79.2 cm³/mol. The molecule has 0 saturated heterocycles. The summed E-state index contributed by atoms with van der Waals surface area (Å²) < 4.78 is 12.9. The fourth-order valence-electron chi connectivity index (χ4n) is 1.94. The number of rotatable bonds is 5. The molecule has 19 heavy (non-hydrogen) atoms. The van der Waals surface area contributed by atoms with Gasteiger partial charge in [0, 0.05) is 17.3 Å². The fourth-order valence-corrected chi connectivity index (χ4v) is 2.17. The molecule has 0 radical (unpaired) electrons. The second kappa shape index (κ2) is 6.58. The van der Waals surface area contributed by atoms with Crippen molar-refractivity contribution < 1.29 is 4.39 Å². The van der Waals surface area contributed by atoms with E-state index in [0.29, 0.717) is 11.6 Å². The number of nitrogens with one attached hydrogen (secondary N) is 1. The molecule has 0 aliphatic carbocycles. The molecule has 0 aromatic heterocycles. The molecule has 1 nitrogen and oxygen atoms in total. The average Bonchev–Trinajstić information content (AvgIpc) is 2.40. The van der Waals surface area contributed by atoms with Crippen LogP contribution < -0.4 is 5.32 Å². The van der Waals surface area contributed by atoms with Crippen molar-refractivity contribution >= 4 is 17.3 Å². The van der Waals surface area contributed by atoms with Crippen LogP contribution in [0.15, 0.2) is 42.5 Å². The topological polar surface area (TPSA) is 12.0 Å². The van der Waals surface area contributed by atoms with Crippen molar-refractivity contribution in [1.29, 1.82) is 0 Å². The van der Waals surface area contributed by atoms with Gasteiger partial charge in [-0.15, -0.1) is 0 Å². The van der Waals surface area contributed by atoms with Crippen LogP contribution in [0.25, 0.3) is 0 Å². The van der Waals surface area contributed by atoms with E-state index in [1.54, 1.807) is 6.07 Å². The van der Waals surface area contributed by atoms with Crippen molar-refractivity contribution in [2.24, 2.45) is 0 Å². The first-order valence-electron chi connectivity index (χ1n) is 6.46. The van der Waals surface area contributed by atoms with Gasteiger partial charge < -0.3 is 5.32 Å². The molecular formula is C16H17ClFN. The quantitative estimate of drug-likeness (QED) is 0.807. The lowest BCUT2D eigenvalue weighted by Crippen LogP contribution is -2.00. The van der Waals surface area contributed by atoms with Crippen LogP contribution in [0.4, 0.5) is 10.1 Å². The third-order valence-corrected chi connectivity index (χ3v) is 3.34. The summed E-state index contributed by atoms with van der Waals surface area (Å²) >= 11 is 5.98. The molecule has 0 aliphatic heterocycles. The molecule has 2 aromatic rings. The Bertz CT molecular complexity index is 537. The molecule has 0 atom stereocenters. The van der Waals surface area contributed by atoms with Gasteiger partial charge in [-0.2, -0.15) is 0 Å². The number of hydrogen-bond donors (Lipinski definition) is 1. The summed E-state index contributed by atoms with van der Waals surface area (Å²) in [6, 6.07) is 12.8. The van der Waals surface area contributed by atoms with Crippen molar-refractivity contribution in [1.82, 2.24) is 0 Å². The highest BCUT2D eigenvalue weighted by Gasteiger charge is 2.02. The van der Waals surface area contributed by atoms with E-state index >= 15 is 0 Å². The third kappa shape index (κ3) is 3.97. The molecule has 0 spiro atoms. The van der Waals surface area contributed by atoms with E-state index in [-0.39, 0.29) is 5.82 Å². The van der Waals surface area contributed by atoms with Crippen molar-refractivity contribution in [3.8, 4) is 0 Å². The Hall–Kier alpha value is -1.54. The largest absolute Gasteiger partial charge is 0.381 e. The van der Waals surface area contributed by atoms with Crippen LogP contribution in [0.5, 0.6) is 0 Å².